The minimum absolute atomic E-state index is 0.115. The normalized spacial score (nSPS) is 12.2. The van der Waals surface area contributed by atoms with Crippen LogP contribution in [0.5, 0.6) is 0 Å². The van der Waals surface area contributed by atoms with Crippen molar-refractivity contribution in [2.24, 2.45) is 0 Å². The molecule has 0 aliphatic heterocycles. The molecule has 0 aromatic rings. The lowest BCUT2D eigenvalue weighted by Crippen LogP contribution is -2.18. The fourth-order valence-corrected chi connectivity index (χ4v) is 0.855. The van der Waals surface area contributed by atoms with Crippen molar-refractivity contribution in [2.45, 2.75) is 31.5 Å². The monoisotopic (exact) mass is 236 g/mol. The number of alkyl halides is 1. The van der Waals surface area contributed by atoms with E-state index in [2.05, 4.69) is 20.7 Å². The zero-order valence-electron chi connectivity index (χ0n) is 7.30. The third-order valence-corrected chi connectivity index (χ3v) is 2.49. The van der Waals surface area contributed by atoms with Crippen LogP contribution in [0.3, 0.4) is 0 Å². The number of ketones is 1. The van der Waals surface area contributed by atoms with Crippen molar-refractivity contribution in [3.8, 4) is 0 Å². The van der Waals surface area contributed by atoms with Gasteiger partial charge in [0.1, 0.15) is 6.42 Å². The molecule has 0 fully saturated rings. The number of ether oxygens (including phenoxy) is 1. The summed E-state index contributed by atoms with van der Waals surface area (Å²) in [6, 6.07) is 0. The molecule has 0 spiro atoms. The van der Waals surface area contributed by atoms with Gasteiger partial charge in [0, 0.05) is 0 Å². The third kappa shape index (κ3) is 4.49. The second-order valence-electron chi connectivity index (χ2n) is 2.32. The van der Waals surface area contributed by atoms with E-state index in [1.54, 1.807) is 6.92 Å². The van der Waals surface area contributed by atoms with Crippen LogP contribution in [0.15, 0.2) is 0 Å². The highest BCUT2D eigenvalue weighted by molar-refractivity contribution is 9.10. The van der Waals surface area contributed by atoms with E-state index in [1.165, 1.54) is 0 Å². The number of carbonyl (C=O) groups excluding carboxylic acids is 2. The van der Waals surface area contributed by atoms with Crippen LogP contribution in [0.25, 0.3) is 0 Å². The lowest BCUT2D eigenvalue weighted by Gasteiger charge is -2.04. The van der Waals surface area contributed by atoms with E-state index in [9.17, 15) is 9.59 Å². The summed E-state index contributed by atoms with van der Waals surface area (Å²) in [4.78, 5) is 21.7. The molecule has 0 radical (unpaired) electrons. The first-order valence-corrected chi connectivity index (χ1v) is 4.85. The molecular weight excluding hydrogens is 224 g/mol. The van der Waals surface area contributed by atoms with Gasteiger partial charge in [-0.1, -0.05) is 22.9 Å². The van der Waals surface area contributed by atoms with Crippen LogP contribution >= 0.6 is 15.9 Å². The molecule has 0 aromatic carbocycles. The highest BCUT2D eigenvalue weighted by Crippen LogP contribution is 2.08. The highest BCUT2D eigenvalue weighted by atomic mass is 79.9. The summed E-state index contributed by atoms with van der Waals surface area (Å²) in [5.41, 5.74) is 0. The molecule has 0 bridgehead atoms. The molecule has 70 valence electrons. The third-order valence-electron chi connectivity index (χ3n) is 1.33. The van der Waals surface area contributed by atoms with E-state index < -0.39 is 5.97 Å². The van der Waals surface area contributed by atoms with Gasteiger partial charge in [-0.15, -0.1) is 0 Å². The number of halogens is 1. The quantitative estimate of drug-likeness (QED) is 0.415. The molecule has 0 N–H and O–H groups in total. The Hall–Kier alpha value is -0.380. The summed E-state index contributed by atoms with van der Waals surface area (Å²) in [6.45, 7) is 3.92. The standard InChI is InChI=1S/C8H13BrO3/c1-3-6(9)7(10)5-8(11)12-4-2/h6H,3-5H2,1-2H3. The Labute approximate surface area is 80.6 Å². The summed E-state index contributed by atoms with van der Waals surface area (Å²) in [7, 11) is 0. The van der Waals surface area contributed by atoms with Crippen molar-refractivity contribution in [2.75, 3.05) is 6.61 Å². The maximum Gasteiger partial charge on any atom is 0.313 e. The lowest BCUT2D eigenvalue weighted by atomic mass is 10.2. The molecule has 1 atom stereocenters. The molecule has 0 rings (SSSR count). The topological polar surface area (TPSA) is 43.4 Å². The maximum absolute atomic E-state index is 11.1. The van der Waals surface area contributed by atoms with Crippen LogP contribution < -0.4 is 0 Å². The zero-order valence-corrected chi connectivity index (χ0v) is 8.89. The first-order chi connectivity index (χ1) is 5.61. The molecule has 12 heavy (non-hydrogen) atoms. The van der Waals surface area contributed by atoms with Crippen molar-refractivity contribution in [3.05, 3.63) is 0 Å². The van der Waals surface area contributed by atoms with Crippen molar-refractivity contribution >= 4 is 27.7 Å². The summed E-state index contributed by atoms with van der Waals surface area (Å²) in [5.74, 6) is -0.559. The Bertz CT molecular complexity index is 168. The van der Waals surface area contributed by atoms with Gasteiger partial charge in [0.25, 0.3) is 0 Å². The van der Waals surface area contributed by atoms with E-state index in [4.69, 9.17) is 0 Å². The number of carbonyl (C=O) groups is 2. The fourth-order valence-electron chi connectivity index (χ4n) is 0.693. The van der Waals surface area contributed by atoms with Gasteiger partial charge in [-0.05, 0) is 13.3 Å². The van der Waals surface area contributed by atoms with Crippen molar-refractivity contribution in [3.63, 3.8) is 0 Å². The minimum atomic E-state index is -0.444. The molecule has 0 aromatic heterocycles. The smallest absolute Gasteiger partial charge is 0.313 e. The maximum atomic E-state index is 11.1. The van der Waals surface area contributed by atoms with Gasteiger partial charge < -0.3 is 4.74 Å². The summed E-state index contributed by atoms with van der Waals surface area (Å²) < 4.78 is 4.63. The molecule has 1 unspecified atom stereocenters. The number of Topliss-reactive ketones (excluding diaryl/α,β-unsaturated/α-hetero) is 1. The predicted molar refractivity (Wildman–Crippen MR) is 49.3 cm³/mol. The van der Waals surface area contributed by atoms with E-state index in [0.717, 1.165) is 0 Å². The average Bonchev–Trinajstić information content (AvgIpc) is 2.03. The molecular formula is C8H13BrO3. The van der Waals surface area contributed by atoms with Gasteiger partial charge in [0.05, 0.1) is 11.4 Å². The summed E-state index contributed by atoms with van der Waals surface area (Å²) in [6.07, 6.45) is 0.565. The molecule has 0 saturated carbocycles. The van der Waals surface area contributed by atoms with Crippen LogP contribution in [-0.4, -0.2) is 23.2 Å². The van der Waals surface area contributed by atoms with E-state index >= 15 is 0 Å². The number of hydrogen-bond acceptors (Lipinski definition) is 3. The van der Waals surface area contributed by atoms with Gasteiger partial charge >= 0.3 is 5.97 Å². The van der Waals surface area contributed by atoms with Crippen molar-refractivity contribution in [1.29, 1.82) is 0 Å². The molecule has 0 heterocycles. The van der Waals surface area contributed by atoms with Gasteiger partial charge in [-0.25, -0.2) is 0 Å². The Morgan fingerprint density at radius 3 is 2.42 bits per heavy atom. The molecule has 0 amide bonds. The Morgan fingerprint density at radius 2 is 2.00 bits per heavy atom. The van der Waals surface area contributed by atoms with Crippen LogP contribution in [0.4, 0.5) is 0 Å². The Kier molecular flexibility index (Phi) is 5.98. The molecule has 0 aliphatic carbocycles. The molecule has 3 nitrogen and oxygen atoms in total. The van der Waals surface area contributed by atoms with E-state index in [0.29, 0.717) is 13.0 Å². The Balaban J connectivity index is 3.76. The Morgan fingerprint density at radius 1 is 1.42 bits per heavy atom. The average molecular weight is 237 g/mol. The number of hydrogen-bond donors (Lipinski definition) is 0. The first kappa shape index (κ1) is 11.6. The van der Waals surface area contributed by atoms with Crippen LogP contribution in [0.1, 0.15) is 26.7 Å². The SMILES string of the molecule is CCOC(=O)CC(=O)C(Br)CC. The first-order valence-electron chi connectivity index (χ1n) is 3.94. The fraction of sp³-hybridized carbons (Fsp3) is 0.750. The summed E-state index contributed by atoms with van der Waals surface area (Å²) in [5, 5.41) is 0. The highest BCUT2D eigenvalue weighted by Gasteiger charge is 2.16. The largest absolute Gasteiger partial charge is 0.466 e. The zero-order chi connectivity index (χ0) is 9.56. The summed E-state index contributed by atoms with van der Waals surface area (Å²) >= 11 is 3.16. The van der Waals surface area contributed by atoms with Crippen molar-refractivity contribution < 1.29 is 14.3 Å². The minimum Gasteiger partial charge on any atom is -0.466 e. The second kappa shape index (κ2) is 6.17. The van der Waals surface area contributed by atoms with Crippen LogP contribution in [-0.2, 0) is 14.3 Å². The number of rotatable bonds is 5. The number of esters is 1. The predicted octanol–water partition coefficient (Wildman–Crippen LogP) is 1.68. The van der Waals surface area contributed by atoms with Crippen molar-refractivity contribution in [1.82, 2.24) is 0 Å². The van der Waals surface area contributed by atoms with Crippen LogP contribution in [0, 0.1) is 0 Å². The van der Waals surface area contributed by atoms with E-state index in [1.807, 2.05) is 6.92 Å². The van der Waals surface area contributed by atoms with E-state index in [-0.39, 0.29) is 17.0 Å². The second-order valence-corrected chi connectivity index (χ2v) is 3.43. The molecule has 0 aliphatic rings. The lowest BCUT2D eigenvalue weighted by molar-refractivity contribution is -0.145. The molecule has 0 saturated heterocycles. The van der Waals surface area contributed by atoms with Gasteiger partial charge in [0.2, 0.25) is 0 Å². The van der Waals surface area contributed by atoms with Gasteiger partial charge in [0.15, 0.2) is 5.78 Å². The van der Waals surface area contributed by atoms with Gasteiger partial charge in [-0.2, -0.15) is 0 Å². The molecule has 4 heteroatoms. The van der Waals surface area contributed by atoms with Gasteiger partial charge in [-0.3, -0.25) is 9.59 Å². The van der Waals surface area contributed by atoms with Crippen LogP contribution in [0.2, 0.25) is 0 Å².